The van der Waals surface area contributed by atoms with Crippen molar-refractivity contribution in [1.29, 1.82) is 0 Å². The van der Waals surface area contributed by atoms with E-state index in [0.29, 0.717) is 5.69 Å². The second-order valence-electron chi connectivity index (χ2n) is 3.53. The van der Waals surface area contributed by atoms with Gasteiger partial charge in [0.25, 0.3) is 0 Å². The van der Waals surface area contributed by atoms with Crippen LogP contribution in [0.15, 0.2) is 24.3 Å². The van der Waals surface area contributed by atoms with Crippen LogP contribution in [0.5, 0.6) is 0 Å². The number of anilines is 1. The van der Waals surface area contributed by atoms with E-state index >= 15 is 0 Å². The average molecular weight is 301 g/mol. The summed E-state index contributed by atoms with van der Waals surface area (Å²) >= 11 is 3.04. The van der Waals surface area contributed by atoms with Crippen LogP contribution in [0.4, 0.5) is 5.69 Å². The maximum absolute atomic E-state index is 11.1. The van der Waals surface area contributed by atoms with Crippen molar-refractivity contribution in [1.82, 2.24) is 0 Å². The molecule has 0 aliphatic carbocycles. The van der Waals surface area contributed by atoms with Crippen LogP contribution < -0.4 is 11.1 Å². The highest BCUT2D eigenvalue weighted by atomic mass is 79.9. The van der Waals surface area contributed by atoms with E-state index in [1.54, 1.807) is 24.3 Å². The molecule has 0 bridgehead atoms. The Labute approximate surface area is 107 Å². The van der Waals surface area contributed by atoms with Crippen LogP contribution in [0, 0.1) is 0 Å². The zero-order valence-electron chi connectivity index (χ0n) is 9.02. The van der Waals surface area contributed by atoms with Crippen LogP contribution >= 0.6 is 15.9 Å². The zero-order valence-corrected chi connectivity index (χ0v) is 10.6. The number of nitrogens with two attached hydrogens (primary N) is 1. The third-order valence-electron chi connectivity index (χ3n) is 2.13. The molecule has 17 heavy (non-hydrogen) atoms. The number of amides is 1. The van der Waals surface area contributed by atoms with Crippen molar-refractivity contribution in [2.24, 2.45) is 5.73 Å². The summed E-state index contributed by atoms with van der Waals surface area (Å²) in [6, 6.07) is 6.01. The fraction of sp³-hybridized carbons (Fsp3) is 0.273. The van der Waals surface area contributed by atoms with Crippen molar-refractivity contribution < 1.29 is 14.7 Å². The number of alkyl halides is 1. The van der Waals surface area contributed by atoms with Crippen molar-refractivity contribution in [3.05, 3.63) is 29.8 Å². The van der Waals surface area contributed by atoms with Crippen molar-refractivity contribution >= 4 is 33.5 Å². The first kappa shape index (κ1) is 13.7. The first-order valence-corrected chi connectivity index (χ1v) is 6.08. The molecule has 1 rings (SSSR count). The van der Waals surface area contributed by atoms with Crippen LogP contribution in [0.25, 0.3) is 0 Å². The minimum Gasteiger partial charge on any atom is -0.480 e. The van der Waals surface area contributed by atoms with E-state index < -0.39 is 12.0 Å². The van der Waals surface area contributed by atoms with Crippen LogP contribution in [-0.4, -0.2) is 28.4 Å². The van der Waals surface area contributed by atoms with Gasteiger partial charge >= 0.3 is 5.97 Å². The second kappa shape index (κ2) is 6.36. The first-order valence-electron chi connectivity index (χ1n) is 4.96. The van der Waals surface area contributed by atoms with Crippen molar-refractivity contribution in [2.75, 3.05) is 10.6 Å². The number of carbonyl (C=O) groups excluding carboxylic acids is 1. The molecular formula is C11H13BrN2O3. The smallest absolute Gasteiger partial charge is 0.320 e. The molecule has 0 aromatic heterocycles. The van der Waals surface area contributed by atoms with Gasteiger partial charge in [-0.05, 0) is 24.1 Å². The number of carbonyl (C=O) groups is 2. The fourth-order valence-corrected chi connectivity index (χ4v) is 1.40. The molecule has 92 valence electrons. The zero-order chi connectivity index (χ0) is 12.8. The number of hydrogen-bond acceptors (Lipinski definition) is 3. The van der Waals surface area contributed by atoms with E-state index in [1.807, 2.05) is 0 Å². The molecule has 0 saturated carbocycles. The molecule has 0 aliphatic rings. The highest BCUT2D eigenvalue weighted by molar-refractivity contribution is 9.09. The lowest BCUT2D eigenvalue weighted by Crippen LogP contribution is -2.32. The second-order valence-corrected chi connectivity index (χ2v) is 4.09. The highest BCUT2D eigenvalue weighted by Crippen LogP contribution is 2.11. The predicted octanol–water partition coefficient (Wildman–Crippen LogP) is 0.974. The van der Waals surface area contributed by atoms with Gasteiger partial charge < -0.3 is 16.2 Å². The standard InChI is InChI=1S/C11H13BrN2O3/c12-6-10(15)14-8-3-1-7(2-4-8)5-9(13)11(16)17/h1-4,9H,5-6,13H2,(H,14,15)(H,16,17). The normalized spacial score (nSPS) is 11.9. The third-order valence-corrected chi connectivity index (χ3v) is 2.64. The van der Waals surface area contributed by atoms with Gasteiger partial charge in [0, 0.05) is 5.69 Å². The molecule has 0 spiro atoms. The molecule has 1 atom stereocenters. The van der Waals surface area contributed by atoms with Gasteiger partial charge in [-0.15, -0.1) is 0 Å². The molecule has 0 fully saturated rings. The molecule has 1 amide bonds. The molecule has 6 heteroatoms. The van der Waals surface area contributed by atoms with Gasteiger partial charge in [-0.3, -0.25) is 9.59 Å². The van der Waals surface area contributed by atoms with Gasteiger partial charge in [-0.2, -0.15) is 0 Å². The molecule has 1 aromatic carbocycles. The third kappa shape index (κ3) is 4.54. The lowest BCUT2D eigenvalue weighted by atomic mass is 10.1. The summed E-state index contributed by atoms with van der Waals surface area (Å²) in [5.41, 5.74) is 6.90. The number of halogens is 1. The monoisotopic (exact) mass is 300 g/mol. The van der Waals surface area contributed by atoms with E-state index in [1.165, 1.54) is 0 Å². The number of nitrogens with one attached hydrogen (secondary N) is 1. The van der Waals surface area contributed by atoms with Crippen LogP contribution in [0.1, 0.15) is 5.56 Å². The Balaban J connectivity index is 2.62. The van der Waals surface area contributed by atoms with Crippen molar-refractivity contribution in [3.8, 4) is 0 Å². The highest BCUT2D eigenvalue weighted by Gasteiger charge is 2.11. The number of benzene rings is 1. The van der Waals surface area contributed by atoms with Crippen LogP contribution in [-0.2, 0) is 16.0 Å². The van der Waals surface area contributed by atoms with Gasteiger partial charge in [-0.1, -0.05) is 28.1 Å². The first-order chi connectivity index (χ1) is 8.02. The Hall–Kier alpha value is -1.40. The van der Waals surface area contributed by atoms with Crippen molar-refractivity contribution in [3.63, 3.8) is 0 Å². The Morgan fingerprint density at radius 1 is 1.35 bits per heavy atom. The molecule has 5 nitrogen and oxygen atoms in total. The lowest BCUT2D eigenvalue weighted by molar-refractivity contribution is -0.138. The Morgan fingerprint density at radius 3 is 2.41 bits per heavy atom. The quantitative estimate of drug-likeness (QED) is 0.707. The topological polar surface area (TPSA) is 92.4 Å². The number of carboxylic acid groups (broad SMARTS) is 1. The van der Waals surface area contributed by atoms with E-state index in [4.69, 9.17) is 10.8 Å². The number of aliphatic carboxylic acids is 1. The van der Waals surface area contributed by atoms with Gasteiger partial charge in [0.1, 0.15) is 6.04 Å². The van der Waals surface area contributed by atoms with E-state index in [-0.39, 0.29) is 17.7 Å². The van der Waals surface area contributed by atoms with Gasteiger partial charge in [0.05, 0.1) is 5.33 Å². The summed E-state index contributed by atoms with van der Waals surface area (Å²) in [5.74, 6) is -1.17. The molecule has 0 aliphatic heterocycles. The summed E-state index contributed by atoms with van der Waals surface area (Å²) in [4.78, 5) is 21.6. The largest absolute Gasteiger partial charge is 0.480 e. The van der Waals surface area contributed by atoms with Gasteiger partial charge in [0.2, 0.25) is 5.91 Å². The van der Waals surface area contributed by atoms with E-state index in [2.05, 4.69) is 21.2 Å². The summed E-state index contributed by atoms with van der Waals surface area (Å²) < 4.78 is 0. The Kier molecular flexibility index (Phi) is 5.11. The van der Waals surface area contributed by atoms with Crippen molar-refractivity contribution in [2.45, 2.75) is 12.5 Å². The summed E-state index contributed by atoms with van der Waals surface area (Å²) in [6.45, 7) is 0. The lowest BCUT2D eigenvalue weighted by Gasteiger charge is -2.07. The number of hydrogen-bond donors (Lipinski definition) is 3. The SMILES string of the molecule is NC(Cc1ccc(NC(=O)CBr)cc1)C(=O)O. The fourth-order valence-electron chi connectivity index (χ4n) is 1.26. The maximum Gasteiger partial charge on any atom is 0.320 e. The maximum atomic E-state index is 11.1. The van der Waals surface area contributed by atoms with E-state index in [0.717, 1.165) is 5.56 Å². The van der Waals surface area contributed by atoms with Crippen LogP contribution in [0.3, 0.4) is 0 Å². The molecule has 0 radical (unpaired) electrons. The number of rotatable bonds is 5. The molecule has 0 saturated heterocycles. The molecule has 0 heterocycles. The minimum atomic E-state index is -1.03. The molecular weight excluding hydrogens is 288 g/mol. The number of carboxylic acids is 1. The predicted molar refractivity (Wildman–Crippen MR) is 68.2 cm³/mol. The molecule has 4 N–H and O–H groups in total. The minimum absolute atomic E-state index is 0.139. The Morgan fingerprint density at radius 2 is 1.94 bits per heavy atom. The molecule has 1 unspecified atom stereocenters. The van der Waals surface area contributed by atoms with Gasteiger partial charge in [-0.25, -0.2) is 0 Å². The summed E-state index contributed by atoms with van der Waals surface area (Å²) in [6.07, 6.45) is 0.266. The summed E-state index contributed by atoms with van der Waals surface area (Å²) in [7, 11) is 0. The van der Waals surface area contributed by atoms with E-state index in [9.17, 15) is 9.59 Å². The average Bonchev–Trinajstić information content (AvgIpc) is 2.31. The summed E-state index contributed by atoms with van der Waals surface area (Å²) in [5, 5.41) is 11.6. The Bertz CT molecular complexity index is 406. The van der Waals surface area contributed by atoms with Crippen LogP contribution in [0.2, 0.25) is 0 Å². The van der Waals surface area contributed by atoms with Gasteiger partial charge in [0.15, 0.2) is 0 Å². The molecule has 1 aromatic rings.